The van der Waals surface area contributed by atoms with Crippen LogP contribution in [0.1, 0.15) is 19.4 Å². The number of fused-ring (bicyclic) bond motifs is 2. The fourth-order valence-electron chi connectivity index (χ4n) is 4.24. The number of benzene rings is 1. The van der Waals surface area contributed by atoms with Gasteiger partial charge in [0.2, 0.25) is 5.82 Å². The third kappa shape index (κ3) is 3.41. The molecule has 0 bridgehead atoms. The molecule has 5 rings (SSSR count). The molecule has 5 aromatic rings. The number of hydrogen-bond donors (Lipinski definition) is 1. The van der Waals surface area contributed by atoms with Gasteiger partial charge in [0.15, 0.2) is 17.6 Å². The van der Waals surface area contributed by atoms with Crippen LogP contribution in [0.5, 0.6) is 0 Å². The van der Waals surface area contributed by atoms with Crippen LogP contribution in [-0.4, -0.2) is 23.8 Å². The number of imidazole rings is 1. The number of hydrogen-bond acceptors (Lipinski definition) is 4. The molecule has 170 valence electrons. The van der Waals surface area contributed by atoms with Crippen LogP contribution in [0.15, 0.2) is 45.6 Å². The highest BCUT2D eigenvalue weighted by atomic mass is 32.1. The Balaban J connectivity index is 1.84. The number of aromatic amines is 1. The summed E-state index contributed by atoms with van der Waals surface area (Å²) in [5, 5.41) is 6.52. The minimum absolute atomic E-state index is 0.195. The fourth-order valence-corrected chi connectivity index (χ4v) is 5.18. The van der Waals surface area contributed by atoms with E-state index in [9.17, 15) is 14.0 Å². The first-order valence-electron chi connectivity index (χ1n) is 10.6. The number of aryl methyl sites for hydroxylation is 1. The lowest BCUT2D eigenvalue weighted by atomic mass is 10.1. The van der Waals surface area contributed by atoms with E-state index in [0.717, 1.165) is 20.2 Å². The third-order valence-electron chi connectivity index (χ3n) is 5.82. The molecule has 0 saturated carbocycles. The molecule has 0 atom stereocenters. The Hall–Kier alpha value is -3.53. The Morgan fingerprint density at radius 3 is 2.73 bits per heavy atom. The van der Waals surface area contributed by atoms with Gasteiger partial charge in [0.1, 0.15) is 5.82 Å². The zero-order chi connectivity index (χ0) is 23.4. The van der Waals surface area contributed by atoms with Gasteiger partial charge in [0.25, 0.3) is 11.3 Å². The maximum absolute atomic E-state index is 14.0. The summed E-state index contributed by atoms with van der Waals surface area (Å²) in [4.78, 5) is 30.8. The highest BCUT2D eigenvalue weighted by Gasteiger charge is 2.31. The van der Waals surface area contributed by atoms with E-state index in [1.165, 1.54) is 30.5 Å². The van der Waals surface area contributed by atoms with Crippen molar-refractivity contribution in [1.82, 2.24) is 23.8 Å². The molecule has 0 aliphatic rings. The van der Waals surface area contributed by atoms with Gasteiger partial charge in [-0.25, -0.2) is 14.2 Å². The lowest BCUT2D eigenvalue weighted by Crippen LogP contribution is -2.39. The second kappa shape index (κ2) is 7.80. The molecule has 0 unspecified atom stereocenters. The molecular formula is C23H24FN6O2S+. The Morgan fingerprint density at radius 2 is 2.03 bits per heavy atom. The van der Waals surface area contributed by atoms with Gasteiger partial charge >= 0.3 is 5.69 Å². The summed E-state index contributed by atoms with van der Waals surface area (Å²) in [6.07, 6.45) is 3.48. The van der Waals surface area contributed by atoms with Crippen molar-refractivity contribution >= 4 is 32.5 Å². The number of rotatable bonds is 5. The Kier molecular flexibility index (Phi) is 5.04. The summed E-state index contributed by atoms with van der Waals surface area (Å²) in [6, 6.07) is 4.75. The molecule has 8 nitrogen and oxygen atoms in total. The molecule has 1 N–H and O–H groups in total. The van der Waals surface area contributed by atoms with Gasteiger partial charge in [-0.3, -0.25) is 13.9 Å². The minimum atomic E-state index is -0.385. The van der Waals surface area contributed by atoms with E-state index in [1.54, 1.807) is 16.8 Å². The van der Waals surface area contributed by atoms with E-state index in [1.807, 2.05) is 41.7 Å². The number of aromatic nitrogens is 6. The Bertz CT molecular complexity index is 1630. The lowest BCUT2D eigenvalue weighted by Gasteiger charge is -2.10. The summed E-state index contributed by atoms with van der Waals surface area (Å²) in [5.41, 5.74) is 1.20. The van der Waals surface area contributed by atoms with Crippen molar-refractivity contribution in [2.24, 2.45) is 20.0 Å². The minimum Gasteiger partial charge on any atom is -0.329 e. The average Bonchev–Trinajstić information content (AvgIpc) is 3.47. The molecule has 4 aromatic heterocycles. The quantitative estimate of drug-likeness (QED) is 0.404. The van der Waals surface area contributed by atoms with Crippen molar-refractivity contribution in [1.29, 1.82) is 0 Å². The third-order valence-corrected chi connectivity index (χ3v) is 6.83. The van der Waals surface area contributed by atoms with E-state index < -0.39 is 0 Å². The van der Waals surface area contributed by atoms with Crippen molar-refractivity contribution in [3.63, 3.8) is 0 Å². The van der Waals surface area contributed by atoms with Gasteiger partial charge in [0, 0.05) is 54.1 Å². The molecule has 0 aliphatic heterocycles. The smallest absolute Gasteiger partial charge is 0.329 e. The number of nitrogens with zero attached hydrogens (tertiary/aromatic N) is 5. The summed E-state index contributed by atoms with van der Waals surface area (Å²) in [7, 11) is 3.35. The average molecular weight is 468 g/mol. The van der Waals surface area contributed by atoms with Crippen molar-refractivity contribution in [3.05, 3.63) is 68.2 Å². The predicted octanol–water partition coefficient (Wildman–Crippen LogP) is 2.77. The molecule has 10 heteroatoms. The highest BCUT2D eigenvalue weighted by Crippen LogP contribution is 2.28. The molecule has 0 saturated heterocycles. The van der Waals surface area contributed by atoms with Crippen LogP contribution in [0.25, 0.3) is 32.6 Å². The van der Waals surface area contributed by atoms with E-state index in [2.05, 4.69) is 10.1 Å². The summed E-state index contributed by atoms with van der Waals surface area (Å²) in [6.45, 7) is 4.86. The van der Waals surface area contributed by atoms with Crippen molar-refractivity contribution in [2.75, 3.05) is 0 Å². The van der Waals surface area contributed by atoms with E-state index >= 15 is 0 Å². The van der Waals surface area contributed by atoms with Crippen molar-refractivity contribution < 1.29 is 9.07 Å². The van der Waals surface area contributed by atoms with Crippen LogP contribution >= 0.6 is 11.3 Å². The zero-order valence-electron chi connectivity index (χ0n) is 18.8. The van der Waals surface area contributed by atoms with Gasteiger partial charge in [-0.05, 0) is 24.1 Å². The second-order valence-electron chi connectivity index (χ2n) is 8.68. The van der Waals surface area contributed by atoms with Crippen LogP contribution in [0.4, 0.5) is 4.39 Å². The van der Waals surface area contributed by atoms with Crippen LogP contribution in [0.2, 0.25) is 0 Å². The maximum atomic E-state index is 14.0. The standard InChI is InChI=1S/C23H23FN6O2S/c1-13(2)10-29-20-18(22(31)28(4)23(29)32)19(21-25-7-8-27(21)3)30(26-20)11-14-12-33-17-6-5-15(24)9-16(14)17/h5-9,12-13H,10-11H2,1-4H3/p+1. The molecule has 0 radical (unpaired) electrons. The van der Waals surface area contributed by atoms with E-state index in [-0.39, 0.29) is 23.0 Å². The van der Waals surface area contributed by atoms with Crippen LogP contribution in [0.3, 0.4) is 0 Å². The first-order chi connectivity index (χ1) is 15.8. The summed E-state index contributed by atoms with van der Waals surface area (Å²) < 4.78 is 21.4. The van der Waals surface area contributed by atoms with Crippen molar-refractivity contribution in [3.8, 4) is 11.5 Å². The summed E-state index contributed by atoms with van der Waals surface area (Å²) in [5.74, 6) is 0.493. The SMILES string of the molecule is CC(C)Cn1c(=O)n(C)c(=O)c2c(-c3nccn3C)[n+](Cc3csc4ccc(F)cc34)[nH]c21. The van der Waals surface area contributed by atoms with Gasteiger partial charge in [-0.1, -0.05) is 18.5 Å². The van der Waals surface area contributed by atoms with Gasteiger partial charge < -0.3 is 4.57 Å². The van der Waals surface area contributed by atoms with Crippen LogP contribution < -0.4 is 15.9 Å². The molecule has 0 aliphatic carbocycles. The van der Waals surface area contributed by atoms with Crippen molar-refractivity contribution in [2.45, 2.75) is 26.9 Å². The summed E-state index contributed by atoms with van der Waals surface area (Å²) >= 11 is 1.54. The maximum Gasteiger partial charge on any atom is 0.332 e. The number of H-pyrrole nitrogens is 1. The molecular weight excluding hydrogens is 443 g/mol. The molecule has 1 aromatic carbocycles. The monoisotopic (exact) mass is 467 g/mol. The van der Waals surface area contributed by atoms with E-state index in [4.69, 9.17) is 0 Å². The highest BCUT2D eigenvalue weighted by molar-refractivity contribution is 7.17. The zero-order valence-corrected chi connectivity index (χ0v) is 19.6. The van der Waals surface area contributed by atoms with Gasteiger partial charge in [-0.15, -0.1) is 16.4 Å². The fraction of sp³-hybridized carbons (Fsp3) is 0.304. The number of halogens is 1. The number of thiophene rings is 1. The van der Waals surface area contributed by atoms with Gasteiger partial charge in [-0.2, -0.15) is 0 Å². The lowest BCUT2D eigenvalue weighted by molar-refractivity contribution is -0.730. The molecule has 4 heterocycles. The molecule has 0 fully saturated rings. The first-order valence-corrected chi connectivity index (χ1v) is 11.5. The second-order valence-corrected chi connectivity index (χ2v) is 9.60. The van der Waals surface area contributed by atoms with E-state index in [0.29, 0.717) is 35.6 Å². The van der Waals surface area contributed by atoms with Crippen LogP contribution in [-0.2, 0) is 27.2 Å². The predicted molar refractivity (Wildman–Crippen MR) is 126 cm³/mol. The molecule has 0 spiro atoms. The largest absolute Gasteiger partial charge is 0.332 e. The normalized spacial score (nSPS) is 11.9. The van der Waals surface area contributed by atoms with Crippen LogP contribution in [0, 0.1) is 11.7 Å². The topological polar surface area (TPSA) is 81.5 Å². The number of nitrogens with one attached hydrogen (secondary N) is 1. The first kappa shape index (κ1) is 21.3. The Morgan fingerprint density at radius 1 is 1.24 bits per heavy atom. The Labute approximate surface area is 192 Å². The molecule has 33 heavy (non-hydrogen) atoms. The molecule has 0 amide bonds. The van der Waals surface area contributed by atoms with Gasteiger partial charge in [0.05, 0.1) is 0 Å².